The van der Waals surface area contributed by atoms with Gasteiger partial charge in [0.1, 0.15) is 6.10 Å². The number of thiocarbonyl (C=S) groups is 1. The average molecular weight is 309 g/mol. The van der Waals surface area contributed by atoms with Crippen molar-refractivity contribution in [2.45, 2.75) is 64.2 Å². The molecule has 1 amide bonds. The zero-order valence-electron chi connectivity index (χ0n) is 12.8. The lowest BCUT2D eigenvalue weighted by Gasteiger charge is -2.42. The van der Waals surface area contributed by atoms with Crippen LogP contribution in [0.25, 0.3) is 0 Å². The van der Waals surface area contributed by atoms with Gasteiger partial charge in [0.05, 0.1) is 18.1 Å². The minimum atomic E-state index is -0.762. The Morgan fingerprint density at radius 2 is 2.33 bits per heavy atom. The molecule has 1 heterocycles. The van der Waals surface area contributed by atoms with Gasteiger partial charge in [0, 0.05) is 0 Å². The molecule has 0 radical (unpaired) electrons. The summed E-state index contributed by atoms with van der Waals surface area (Å²) in [5.41, 5.74) is -0.291. The van der Waals surface area contributed by atoms with Crippen molar-refractivity contribution in [2.75, 3.05) is 0 Å². The van der Waals surface area contributed by atoms with Gasteiger partial charge >= 0.3 is 0 Å². The van der Waals surface area contributed by atoms with Crippen molar-refractivity contribution in [2.24, 2.45) is 11.3 Å². The Labute approximate surface area is 131 Å². The summed E-state index contributed by atoms with van der Waals surface area (Å²) >= 11 is 5.33. The van der Waals surface area contributed by atoms with Crippen LogP contribution in [0.15, 0.2) is 12.2 Å². The standard InChI is InChI=1S/C16H23NO3S/c1-4-5-11(18)9-13(19)17-14(21)20-12-8-10-6-7-16(12,17)15(10,2)3/h4-5,10-12,18H,6-9H2,1-3H3/b5-4+/t10-,11-,12-,16+/m1/s1. The third kappa shape index (κ3) is 1.83. The van der Waals surface area contributed by atoms with Gasteiger partial charge in [-0.3, -0.25) is 9.69 Å². The molecule has 4 nitrogen and oxygen atoms in total. The summed E-state index contributed by atoms with van der Waals surface area (Å²) in [6.45, 7) is 6.28. The first-order valence-corrected chi connectivity index (χ1v) is 8.10. The number of allylic oxidation sites excluding steroid dienone is 1. The van der Waals surface area contributed by atoms with E-state index in [0.29, 0.717) is 11.1 Å². The van der Waals surface area contributed by atoms with Crippen molar-refractivity contribution < 1.29 is 14.6 Å². The number of hydrogen-bond acceptors (Lipinski definition) is 4. The molecule has 21 heavy (non-hydrogen) atoms. The van der Waals surface area contributed by atoms with Gasteiger partial charge in [-0.25, -0.2) is 0 Å². The van der Waals surface area contributed by atoms with Crippen molar-refractivity contribution in [3.8, 4) is 0 Å². The Morgan fingerprint density at radius 1 is 1.62 bits per heavy atom. The fourth-order valence-corrected chi connectivity index (χ4v) is 5.16. The average Bonchev–Trinajstić information content (AvgIpc) is 2.89. The number of fused-ring (bicyclic) bond motifs is 1. The summed E-state index contributed by atoms with van der Waals surface area (Å²) in [4.78, 5) is 14.4. The molecular formula is C16H23NO3S. The number of carbonyl (C=O) groups excluding carboxylic acids is 1. The first-order valence-electron chi connectivity index (χ1n) is 7.69. The number of hydrogen-bond donors (Lipinski definition) is 1. The predicted octanol–water partition coefficient (Wildman–Crippen LogP) is 2.40. The predicted molar refractivity (Wildman–Crippen MR) is 83.6 cm³/mol. The SMILES string of the molecule is C/C=C/[C@@H](O)CC(=O)N1C(=S)O[C@@H]2C[C@H]3CC[C@@]21C3(C)C. The van der Waals surface area contributed by atoms with Crippen LogP contribution in [0.5, 0.6) is 0 Å². The van der Waals surface area contributed by atoms with Gasteiger partial charge in [-0.15, -0.1) is 0 Å². The van der Waals surface area contributed by atoms with Crippen molar-refractivity contribution in [1.29, 1.82) is 0 Å². The number of rotatable bonds is 3. The fraction of sp³-hybridized carbons (Fsp3) is 0.750. The zero-order valence-corrected chi connectivity index (χ0v) is 13.7. The van der Waals surface area contributed by atoms with Crippen LogP contribution in [-0.4, -0.2) is 38.8 Å². The van der Waals surface area contributed by atoms with Gasteiger partial charge in [-0.05, 0) is 49.7 Å². The highest BCUT2D eigenvalue weighted by Crippen LogP contribution is 2.65. The van der Waals surface area contributed by atoms with Crippen LogP contribution in [0.3, 0.4) is 0 Å². The minimum absolute atomic E-state index is 0.0133. The van der Waals surface area contributed by atoms with Crippen LogP contribution >= 0.6 is 12.2 Å². The van der Waals surface area contributed by atoms with E-state index in [0.717, 1.165) is 19.3 Å². The molecule has 5 heteroatoms. The topological polar surface area (TPSA) is 49.8 Å². The largest absolute Gasteiger partial charge is 0.465 e. The van der Waals surface area contributed by atoms with Gasteiger partial charge < -0.3 is 9.84 Å². The highest BCUT2D eigenvalue weighted by molar-refractivity contribution is 7.80. The van der Waals surface area contributed by atoms with Gasteiger partial charge in [-0.1, -0.05) is 26.0 Å². The number of nitrogens with zero attached hydrogens (tertiary/aromatic N) is 1. The normalized spacial score (nSPS) is 37.9. The number of aliphatic hydroxyl groups excluding tert-OH is 1. The molecule has 0 unspecified atom stereocenters. The van der Waals surface area contributed by atoms with E-state index in [1.807, 2.05) is 6.92 Å². The Kier molecular flexibility index (Phi) is 3.41. The van der Waals surface area contributed by atoms with E-state index >= 15 is 0 Å². The van der Waals surface area contributed by atoms with Crippen LogP contribution in [0.1, 0.15) is 46.5 Å². The molecular weight excluding hydrogens is 286 g/mol. The molecule has 0 aromatic heterocycles. The number of ether oxygens (including phenoxy) is 1. The van der Waals surface area contributed by atoms with E-state index < -0.39 is 6.10 Å². The summed E-state index contributed by atoms with van der Waals surface area (Å²) in [5.74, 6) is 0.463. The van der Waals surface area contributed by atoms with Gasteiger partial charge in [0.25, 0.3) is 5.17 Å². The molecule has 0 aromatic rings. The second kappa shape index (κ2) is 4.78. The van der Waals surface area contributed by atoms with E-state index in [1.54, 1.807) is 17.1 Å². The Bertz CT molecular complexity index is 516. The first kappa shape index (κ1) is 15.0. The van der Waals surface area contributed by atoms with Crippen molar-refractivity contribution in [3.05, 3.63) is 12.2 Å². The lowest BCUT2D eigenvalue weighted by Crippen LogP contribution is -2.57. The molecule has 116 valence electrons. The first-order chi connectivity index (χ1) is 9.84. The highest BCUT2D eigenvalue weighted by atomic mass is 32.1. The maximum atomic E-state index is 12.7. The second-order valence-electron chi connectivity index (χ2n) is 7.02. The van der Waals surface area contributed by atoms with Gasteiger partial charge in [0.2, 0.25) is 5.91 Å². The third-order valence-corrected chi connectivity index (χ3v) is 6.19. The number of amides is 1. The lowest BCUT2D eigenvalue weighted by atomic mass is 9.74. The molecule has 0 aromatic carbocycles. The van der Waals surface area contributed by atoms with Crippen molar-refractivity contribution in [1.82, 2.24) is 4.90 Å². The molecule has 1 spiro atoms. The quantitative estimate of drug-likeness (QED) is 0.642. The summed E-state index contributed by atoms with van der Waals surface area (Å²) in [6, 6.07) is 0. The molecule has 1 N–H and O–H groups in total. The van der Waals surface area contributed by atoms with Crippen LogP contribution < -0.4 is 0 Å². The molecule has 2 aliphatic carbocycles. The summed E-state index contributed by atoms with van der Waals surface area (Å²) in [7, 11) is 0. The van der Waals surface area contributed by atoms with E-state index in [1.165, 1.54) is 0 Å². The number of aliphatic hydroxyl groups is 1. The van der Waals surface area contributed by atoms with Gasteiger partial charge in [-0.2, -0.15) is 0 Å². The monoisotopic (exact) mass is 309 g/mol. The second-order valence-corrected chi connectivity index (χ2v) is 7.37. The Hall–Kier alpha value is -0.940. The Balaban J connectivity index is 1.90. The lowest BCUT2D eigenvalue weighted by molar-refractivity contribution is -0.135. The molecule has 3 aliphatic rings. The molecule has 3 fully saturated rings. The van der Waals surface area contributed by atoms with Crippen LogP contribution in [0.4, 0.5) is 0 Å². The van der Waals surface area contributed by atoms with E-state index in [2.05, 4.69) is 13.8 Å². The van der Waals surface area contributed by atoms with Crippen LogP contribution in [0.2, 0.25) is 0 Å². The van der Waals surface area contributed by atoms with E-state index in [9.17, 15) is 9.90 Å². The Morgan fingerprint density at radius 3 is 2.95 bits per heavy atom. The minimum Gasteiger partial charge on any atom is -0.465 e. The summed E-state index contributed by atoms with van der Waals surface area (Å²) in [5, 5.41) is 10.2. The maximum absolute atomic E-state index is 12.7. The van der Waals surface area contributed by atoms with Crippen LogP contribution in [0, 0.1) is 11.3 Å². The molecule has 3 rings (SSSR count). The summed E-state index contributed by atoms with van der Waals surface area (Å²) < 4.78 is 5.86. The molecule has 1 aliphatic heterocycles. The highest BCUT2D eigenvalue weighted by Gasteiger charge is 2.72. The van der Waals surface area contributed by atoms with Crippen molar-refractivity contribution >= 4 is 23.3 Å². The third-order valence-electron chi connectivity index (χ3n) is 5.91. The smallest absolute Gasteiger partial charge is 0.267 e. The van der Waals surface area contributed by atoms with Crippen LogP contribution in [-0.2, 0) is 9.53 Å². The maximum Gasteiger partial charge on any atom is 0.267 e. The number of carbonyl (C=O) groups is 1. The van der Waals surface area contributed by atoms with E-state index in [-0.39, 0.29) is 29.4 Å². The van der Waals surface area contributed by atoms with Gasteiger partial charge in [0.15, 0.2) is 0 Å². The molecule has 4 atom stereocenters. The fourth-order valence-electron chi connectivity index (χ4n) is 4.78. The molecule has 2 saturated carbocycles. The summed E-state index contributed by atoms with van der Waals surface area (Å²) in [6.07, 6.45) is 5.76. The van der Waals surface area contributed by atoms with E-state index in [4.69, 9.17) is 17.0 Å². The zero-order chi connectivity index (χ0) is 15.4. The molecule has 2 bridgehead atoms. The van der Waals surface area contributed by atoms with Crippen molar-refractivity contribution in [3.63, 3.8) is 0 Å². The molecule has 1 saturated heterocycles.